The summed E-state index contributed by atoms with van der Waals surface area (Å²) in [6, 6.07) is 4.57. The molecule has 0 unspecified atom stereocenters. The van der Waals surface area contributed by atoms with Gasteiger partial charge in [-0.2, -0.15) is 8.42 Å². The van der Waals surface area contributed by atoms with Gasteiger partial charge in [-0.25, -0.2) is 0 Å². The molecule has 0 bridgehead atoms. The van der Waals surface area contributed by atoms with E-state index in [0.717, 1.165) is 12.1 Å². The van der Waals surface area contributed by atoms with Crippen LogP contribution in [0.3, 0.4) is 0 Å². The molecule has 0 saturated carbocycles. The molecule has 0 amide bonds. The van der Waals surface area contributed by atoms with Crippen LogP contribution in [0, 0.1) is 10.1 Å². The molecule has 6 nitrogen and oxygen atoms in total. The topological polar surface area (TPSA) is 97.5 Å². The van der Waals surface area contributed by atoms with Crippen LogP contribution < -0.4 is 0 Å². The quantitative estimate of drug-likeness (QED) is 0.458. The van der Waals surface area contributed by atoms with Crippen molar-refractivity contribution in [2.45, 2.75) is 4.90 Å². The molecule has 0 aliphatic carbocycles. The van der Waals surface area contributed by atoms with Crippen LogP contribution in [0.2, 0.25) is 0 Å². The number of nitro benzene ring substituents is 1. The Morgan fingerprint density at radius 2 is 1.79 bits per heavy atom. The average Bonchev–Trinajstić information content (AvgIpc) is 2.03. The second-order valence-electron chi connectivity index (χ2n) is 2.20. The van der Waals surface area contributed by atoms with E-state index in [-0.39, 0.29) is 4.70 Å². The first-order valence-electron chi connectivity index (χ1n) is 3.14. The van der Waals surface area contributed by atoms with Crippen molar-refractivity contribution < 1.29 is 22.6 Å². The molecular weight excluding hydrogens is 217 g/mol. The maximum Gasteiger partial charge on any atom is 0.301 e. The highest BCUT2D eigenvalue weighted by molar-refractivity contribution is 7.86. The van der Waals surface area contributed by atoms with Crippen molar-refractivity contribution >= 4 is 15.8 Å². The Labute approximate surface area is 78.4 Å². The average molecular weight is 223 g/mol. The first-order valence-corrected chi connectivity index (χ1v) is 4.58. The molecule has 0 radical (unpaired) electrons. The second-order valence-corrected chi connectivity index (χ2v) is 3.59. The Morgan fingerprint density at radius 1 is 1.29 bits per heavy atom. The lowest BCUT2D eigenvalue weighted by Gasteiger charge is -1.97. The second kappa shape index (κ2) is 4.11. The van der Waals surface area contributed by atoms with Crippen molar-refractivity contribution in [3.8, 4) is 0 Å². The summed E-state index contributed by atoms with van der Waals surface area (Å²) in [5.41, 5.74) is -0.634. The van der Waals surface area contributed by atoms with E-state index in [0.29, 0.717) is 0 Å². The largest absolute Gasteiger partial charge is 0.301 e. The standard InChI is InChI=1S/C6H5NO5S.FH/c8-7(9)5-3-1-2-4-6(5)13(10,11)12;/h1-4H,(H,10,11,12);1H. The monoisotopic (exact) mass is 223 g/mol. The third-order valence-corrected chi connectivity index (χ3v) is 2.24. The third kappa shape index (κ3) is 2.47. The van der Waals surface area contributed by atoms with E-state index in [1.165, 1.54) is 12.1 Å². The minimum atomic E-state index is -4.52. The maximum atomic E-state index is 10.6. The van der Waals surface area contributed by atoms with Gasteiger partial charge in [0.25, 0.3) is 5.69 Å². The Morgan fingerprint density at radius 3 is 2.14 bits per heavy atom. The van der Waals surface area contributed by atoms with Gasteiger partial charge < -0.3 is 0 Å². The molecule has 1 N–H and O–H groups in total. The highest BCUT2D eigenvalue weighted by Crippen LogP contribution is 2.21. The van der Waals surface area contributed by atoms with Gasteiger partial charge >= 0.3 is 10.1 Å². The van der Waals surface area contributed by atoms with Crippen molar-refractivity contribution in [1.82, 2.24) is 0 Å². The summed E-state index contributed by atoms with van der Waals surface area (Å²) in [6.45, 7) is 0. The van der Waals surface area contributed by atoms with E-state index >= 15 is 0 Å². The first kappa shape index (κ1) is 12.5. The molecular formula is C6H6FNO5S. The van der Waals surface area contributed by atoms with Crippen molar-refractivity contribution in [3.05, 3.63) is 34.4 Å². The fourth-order valence-electron chi connectivity index (χ4n) is 0.826. The number of nitrogens with zero attached hydrogens (tertiary/aromatic N) is 1. The lowest BCUT2D eigenvalue weighted by Crippen LogP contribution is -2.02. The van der Waals surface area contributed by atoms with Crippen LogP contribution in [-0.4, -0.2) is 17.9 Å². The van der Waals surface area contributed by atoms with E-state index in [2.05, 4.69) is 0 Å². The van der Waals surface area contributed by atoms with Gasteiger partial charge in [-0.15, -0.1) is 0 Å². The fourth-order valence-corrected chi connectivity index (χ4v) is 1.48. The minimum absolute atomic E-state index is 0. The number of hydrogen-bond donors (Lipinski definition) is 1. The summed E-state index contributed by atoms with van der Waals surface area (Å²) in [4.78, 5) is 8.73. The van der Waals surface area contributed by atoms with Crippen LogP contribution >= 0.6 is 0 Å². The summed E-state index contributed by atoms with van der Waals surface area (Å²) in [5.74, 6) is 0. The summed E-state index contributed by atoms with van der Waals surface area (Å²) in [5, 5.41) is 10.3. The van der Waals surface area contributed by atoms with Gasteiger partial charge in [0.05, 0.1) is 4.92 Å². The maximum absolute atomic E-state index is 10.6. The molecule has 78 valence electrons. The molecule has 0 heterocycles. The molecule has 0 spiro atoms. The van der Waals surface area contributed by atoms with Crippen LogP contribution in [-0.2, 0) is 10.1 Å². The van der Waals surface area contributed by atoms with Gasteiger partial charge in [-0.05, 0) is 6.07 Å². The molecule has 1 rings (SSSR count). The highest BCUT2D eigenvalue weighted by Gasteiger charge is 2.22. The Kier molecular flexibility index (Phi) is 3.66. The SMILES string of the molecule is F.O=[N+]([O-])c1ccccc1S(=O)(=O)O. The molecule has 8 heteroatoms. The zero-order valence-electron chi connectivity index (χ0n) is 6.65. The number of halogens is 1. The molecule has 14 heavy (non-hydrogen) atoms. The van der Waals surface area contributed by atoms with Gasteiger partial charge in [0.2, 0.25) is 0 Å². The summed E-state index contributed by atoms with van der Waals surface area (Å²) in [6.07, 6.45) is 0. The highest BCUT2D eigenvalue weighted by atomic mass is 32.2. The van der Waals surface area contributed by atoms with Crippen LogP contribution in [0.5, 0.6) is 0 Å². The molecule has 0 aliphatic rings. The summed E-state index contributed by atoms with van der Waals surface area (Å²) < 4.78 is 29.8. The number of hydrogen-bond acceptors (Lipinski definition) is 4. The molecule has 0 fully saturated rings. The number of para-hydroxylation sites is 1. The first-order chi connectivity index (χ1) is 5.93. The van der Waals surface area contributed by atoms with E-state index in [4.69, 9.17) is 4.55 Å². The van der Waals surface area contributed by atoms with Crippen molar-refractivity contribution in [1.29, 1.82) is 0 Å². The predicted octanol–water partition coefficient (Wildman–Crippen LogP) is 0.994. The van der Waals surface area contributed by atoms with E-state index in [1.807, 2.05) is 0 Å². The van der Waals surface area contributed by atoms with Gasteiger partial charge in [0, 0.05) is 6.07 Å². The van der Waals surface area contributed by atoms with Crippen LogP contribution in [0.1, 0.15) is 0 Å². The van der Waals surface area contributed by atoms with E-state index < -0.39 is 25.6 Å². The number of benzene rings is 1. The smallest absolute Gasteiger partial charge is 0.282 e. The zero-order valence-corrected chi connectivity index (χ0v) is 7.47. The number of rotatable bonds is 2. The number of nitro groups is 1. The van der Waals surface area contributed by atoms with Crippen LogP contribution in [0.25, 0.3) is 0 Å². The van der Waals surface area contributed by atoms with Crippen molar-refractivity contribution in [2.75, 3.05) is 0 Å². The normalized spacial score (nSPS) is 10.4. The predicted molar refractivity (Wildman–Crippen MR) is 45.4 cm³/mol. The van der Waals surface area contributed by atoms with E-state index in [1.54, 1.807) is 0 Å². The minimum Gasteiger partial charge on any atom is -0.282 e. The zero-order chi connectivity index (χ0) is 10.1. The van der Waals surface area contributed by atoms with E-state index in [9.17, 15) is 18.5 Å². The lowest BCUT2D eigenvalue weighted by atomic mass is 10.3. The molecule has 1 aromatic rings. The molecule has 0 saturated heterocycles. The molecule has 0 aliphatic heterocycles. The Balaban J connectivity index is 0.00000169. The molecule has 0 atom stereocenters. The molecule has 0 aromatic heterocycles. The van der Waals surface area contributed by atoms with Crippen molar-refractivity contribution in [2.24, 2.45) is 0 Å². The Hall–Kier alpha value is -1.54. The van der Waals surface area contributed by atoms with Crippen LogP contribution in [0.15, 0.2) is 29.2 Å². The summed E-state index contributed by atoms with van der Waals surface area (Å²) >= 11 is 0. The van der Waals surface area contributed by atoms with Crippen LogP contribution in [0.4, 0.5) is 10.4 Å². The van der Waals surface area contributed by atoms with Gasteiger partial charge in [0.1, 0.15) is 0 Å². The van der Waals surface area contributed by atoms with Gasteiger partial charge in [-0.1, -0.05) is 12.1 Å². The lowest BCUT2D eigenvalue weighted by molar-refractivity contribution is -0.387. The van der Waals surface area contributed by atoms with Crippen molar-refractivity contribution in [3.63, 3.8) is 0 Å². The Bertz CT molecular complexity index is 443. The van der Waals surface area contributed by atoms with Gasteiger partial charge in [0.15, 0.2) is 4.90 Å². The fraction of sp³-hybridized carbons (Fsp3) is 0. The summed E-state index contributed by atoms with van der Waals surface area (Å²) in [7, 11) is -4.52. The molecule has 1 aromatic carbocycles. The van der Waals surface area contributed by atoms with Gasteiger partial charge in [-0.3, -0.25) is 19.4 Å². The third-order valence-electron chi connectivity index (χ3n) is 1.34.